The molecule has 1 aromatic heterocycles. The van der Waals surface area contributed by atoms with Gasteiger partial charge in [0.25, 0.3) is 11.1 Å². The fraction of sp³-hybridized carbons (Fsp3) is 0.211. The Balaban J connectivity index is 1.57. The minimum Gasteiger partial charge on any atom is -0.497 e. The highest BCUT2D eigenvalue weighted by Gasteiger charge is 2.18. The lowest BCUT2D eigenvalue weighted by Crippen LogP contribution is -2.04. The smallest absolute Gasteiger partial charge is 0.277 e. The Morgan fingerprint density at radius 3 is 2.63 bits per heavy atom. The maximum atomic E-state index is 13.6. The number of rotatable bonds is 8. The number of Topliss-reactive ketones (excluding diaryl/α,β-unsaturated/α-hetero) is 1. The molecule has 0 saturated carbocycles. The normalized spacial score (nSPS) is 11.8. The first kappa shape index (κ1) is 18.9. The van der Waals surface area contributed by atoms with Gasteiger partial charge in [0.1, 0.15) is 5.75 Å². The van der Waals surface area contributed by atoms with E-state index in [1.807, 2.05) is 0 Å². The molecule has 2 aromatic carbocycles. The van der Waals surface area contributed by atoms with Crippen molar-refractivity contribution in [1.29, 1.82) is 0 Å². The molecule has 0 saturated heterocycles. The van der Waals surface area contributed by atoms with Gasteiger partial charge in [-0.1, -0.05) is 23.9 Å². The summed E-state index contributed by atoms with van der Waals surface area (Å²) < 4.78 is 29.7. The topological polar surface area (TPSA) is 74.5 Å². The van der Waals surface area contributed by atoms with Gasteiger partial charge in [0, 0.05) is 5.56 Å². The highest BCUT2D eigenvalue weighted by Crippen LogP contribution is 2.26. The highest BCUT2D eigenvalue weighted by molar-refractivity contribution is 7.99. The number of hydrogen-bond donors (Lipinski definition) is 0. The first-order valence-corrected chi connectivity index (χ1v) is 9.10. The van der Waals surface area contributed by atoms with Crippen LogP contribution in [0.25, 0.3) is 0 Å². The molecule has 27 heavy (non-hydrogen) atoms. The van der Waals surface area contributed by atoms with Crippen LogP contribution in [0.15, 0.2) is 58.2 Å². The van der Waals surface area contributed by atoms with Gasteiger partial charge >= 0.3 is 0 Å². The van der Waals surface area contributed by atoms with E-state index in [2.05, 4.69) is 10.2 Å². The van der Waals surface area contributed by atoms with Crippen LogP contribution in [0, 0.1) is 5.82 Å². The molecule has 0 amide bonds. The molecule has 3 rings (SSSR count). The summed E-state index contributed by atoms with van der Waals surface area (Å²) in [5.74, 6) is 0.604. The average molecular weight is 388 g/mol. The Bertz CT molecular complexity index is 914. The minimum absolute atomic E-state index is 0.0712. The molecular weight excluding hydrogens is 371 g/mol. The van der Waals surface area contributed by atoms with Crippen LogP contribution in [0.4, 0.5) is 4.39 Å². The molecule has 0 N–H and O–H groups in total. The van der Waals surface area contributed by atoms with Gasteiger partial charge in [-0.2, -0.15) is 0 Å². The van der Waals surface area contributed by atoms with Crippen molar-refractivity contribution in [3.8, 4) is 11.5 Å². The molecule has 0 spiro atoms. The zero-order valence-corrected chi connectivity index (χ0v) is 15.5. The van der Waals surface area contributed by atoms with E-state index in [4.69, 9.17) is 13.9 Å². The number of thioether (sulfide) groups is 1. The van der Waals surface area contributed by atoms with Gasteiger partial charge in [-0.25, -0.2) is 4.39 Å². The van der Waals surface area contributed by atoms with Crippen LogP contribution in [0.3, 0.4) is 0 Å². The van der Waals surface area contributed by atoms with E-state index in [0.29, 0.717) is 11.3 Å². The number of hydrogen-bond acceptors (Lipinski definition) is 7. The fourth-order valence-electron chi connectivity index (χ4n) is 2.21. The first-order valence-electron chi connectivity index (χ1n) is 8.11. The summed E-state index contributed by atoms with van der Waals surface area (Å²) >= 11 is 1.13. The van der Waals surface area contributed by atoms with Gasteiger partial charge in [-0.3, -0.25) is 4.79 Å². The standard InChI is InChI=1S/C19H17FN2O4S/c1-12(25-17-6-4-3-5-15(17)20)18-21-22-19(26-18)27-11-16(23)13-7-9-14(24-2)10-8-13/h3-10,12H,11H2,1-2H3/t12-/m0/s1. The van der Waals surface area contributed by atoms with Crippen molar-refractivity contribution in [2.75, 3.05) is 12.9 Å². The van der Waals surface area contributed by atoms with Crippen LogP contribution in [0.5, 0.6) is 11.5 Å². The van der Waals surface area contributed by atoms with E-state index in [0.717, 1.165) is 11.8 Å². The van der Waals surface area contributed by atoms with E-state index in [1.54, 1.807) is 50.4 Å². The Morgan fingerprint density at radius 1 is 1.19 bits per heavy atom. The number of ether oxygens (including phenoxy) is 2. The second-order valence-corrected chi connectivity index (χ2v) is 6.46. The predicted molar refractivity (Wildman–Crippen MR) is 97.8 cm³/mol. The van der Waals surface area contributed by atoms with E-state index in [-0.39, 0.29) is 28.4 Å². The monoisotopic (exact) mass is 388 g/mol. The Morgan fingerprint density at radius 2 is 1.93 bits per heavy atom. The van der Waals surface area contributed by atoms with Crippen LogP contribution < -0.4 is 9.47 Å². The van der Waals surface area contributed by atoms with Gasteiger partial charge in [-0.15, -0.1) is 10.2 Å². The van der Waals surface area contributed by atoms with Gasteiger partial charge < -0.3 is 13.9 Å². The molecule has 0 unspecified atom stereocenters. The van der Waals surface area contributed by atoms with Crippen LogP contribution in [-0.4, -0.2) is 28.8 Å². The molecule has 0 aliphatic rings. The molecule has 8 heteroatoms. The quantitative estimate of drug-likeness (QED) is 0.420. The van der Waals surface area contributed by atoms with Crippen molar-refractivity contribution in [3.63, 3.8) is 0 Å². The van der Waals surface area contributed by atoms with E-state index in [9.17, 15) is 9.18 Å². The summed E-state index contributed by atoms with van der Waals surface area (Å²) in [6, 6.07) is 12.9. The SMILES string of the molecule is COc1ccc(C(=O)CSc2nnc([C@H](C)Oc3ccccc3F)o2)cc1. The zero-order valence-electron chi connectivity index (χ0n) is 14.7. The number of carbonyl (C=O) groups is 1. The largest absolute Gasteiger partial charge is 0.497 e. The lowest BCUT2D eigenvalue weighted by Gasteiger charge is -2.11. The maximum Gasteiger partial charge on any atom is 0.277 e. The number of para-hydroxylation sites is 1. The maximum absolute atomic E-state index is 13.6. The molecule has 0 radical (unpaired) electrons. The predicted octanol–water partition coefficient (Wildman–Crippen LogP) is 4.33. The van der Waals surface area contributed by atoms with Crippen molar-refractivity contribution in [2.24, 2.45) is 0 Å². The lowest BCUT2D eigenvalue weighted by molar-refractivity contribution is 0.102. The van der Waals surface area contributed by atoms with Crippen LogP contribution in [-0.2, 0) is 0 Å². The van der Waals surface area contributed by atoms with Gasteiger partial charge in [0.15, 0.2) is 23.5 Å². The van der Waals surface area contributed by atoms with Gasteiger partial charge in [-0.05, 0) is 43.3 Å². The summed E-state index contributed by atoms with van der Waals surface area (Å²) in [5, 5.41) is 8.04. The second-order valence-electron chi connectivity index (χ2n) is 5.54. The molecule has 0 aliphatic heterocycles. The van der Waals surface area contributed by atoms with Crippen LogP contribution in [0.1, 0.15) is 29.3 Å². The lowest BCUT2D eigenvalue weighted by atomic mass is 10.1. The number of benzene rings is 2. The highest BCUT2D eigenvalue weighted by atomic mass is 32.2. The summed E-state index contributed by atoms with van der Waals surface area (Å²) in [5.41, 5.74) is 0.569. The third kappa shape index (κ3) is 4.85. The summed E-state index contributed by atoms with van der Waals surface area (Å²) in [6.07, 6.45) is -0.624. The summed E-state index contributed by atoms with van der Waals surface area (Å²) in [4.78, 5) is 12.2. The van der Waals surface area contributed by atoms with Gasteiger partial charge in [0.05, 0.1) is 12.9 Å². The number of aromatic nitrogens is 2. The Kier molecular flexibility index (Phi) is 6.08. The molecule has 1 atom stereocenters. The third-order valence-corrected chi connectivity index (χ3v) is 4.47. The number of halogens is 1. The molecule has 0 aliphatic carbocycles. The number of ketones is 1. The van der Waals surface area contributed by atoms with Crippen LogP contribution >= 0.6 is 11.8 Å². The molecule has 3 aromatic rings. The second kappa shape index (κ2) is 8.68. The molecule has 140 valence electrons. The van der Waals surface area contributed by atoms with E-state index in [1.165, 1.54) is 12.1 Å². The zero-order chi connectivity index (χ0) is 19.2. The Labute approximate surface area is 159 Å². The number of methoxy groups -OCH3 is 1. The third-order valence-electron chi connectivity index (χ3n) is 3.65. The van der Waals surface area contributed by atoms with Crippen molar-refractivity contribution in [3.05, 3.63) is 65.8 Å². The Hall–Kier alpha value is -2.87. The fourth-order valence-corrected chi connectivity index (χ4v) is 2.88. The molecular formula is C19H17FN2O4S. The van der Waals surface area contributed by atoms with Crippen LogP contribution in [0.2, 0.25) is 0 Å². The number of nitrogens with zero attached hydrogens (tertiary/aromatic N) is 2. The molecule has 0 bridgehead atoms. The van der Waals surface area contributed by atoms with Crippen molar-refractivity contribution >= 4 is 17.5 Å². The van der Waals surface area contributed by atoms with E-state index >= 15 is 0 Å². The number of carbonyl (C=O) groups excluding carboxylic acids is 1. The molecule has 6 nitrogen and oxygen atoms in total. The molecule has 1 heterocycles. The first-order chi connectivity index (χ1) is 13.1. The molecule has 0 fully saturated rings. The summed E-state index contributed by atoms with van der Waals surface area (Å²) in [6.45, 7) is 1.68. The van der Waals surface area contributed by atoms with Gasteiger partial charge in [0.2, 0.25) is 0 Å². The van der Waals surface area contributed by atoms with Crippen molar-refractivity contribution < 1.29 is 23.1 Å². The van der Waals surface area contributed by atoms with E-state index < -0.39 is 11.9 Å². The summed E-state index contributed by atoms with van der Waals surface area (Å²) in [7, 11) is 1.57. The average Bonchev–Trinajstić information content (AvgIpc) is 3.17. The van der Waals surface area contributed by atoms with Crippen molar-refractivity contribution in [1.82, 2.24) is 10.2 Å². The van der Waals surface area contributed by atoms with Crippen molar-refractivity contribution in [2.45, 2.75) is 18.3 Å². The minimum atomic E-state index is -0.624.